The van der Waals surface area contributed by atoms with E-state index in [0.29, 0.717) is 0 Å². The van der Waals surface area contributed by atoms with Gasteiger partial charge in [-0.3, -0.25) is 10.1 Å². The molecule has 0 aromatic rings. The molecule has 1 aliphatic rings. The van der Waals surface area contributed by atoms with E-state index in [1.807, 2.05) is 18.7 Å². The van der Waals surface area contributed by atoms with E-state index in [2.05, 4.69) is 19.2 Å². The molecule has 2 unspecified atom stereocenters. The van der Waals surface area contributed by atoms with E-state index >= 15 is 0 Å². The first-order valence-electron chi connectivity index (χ1n) is 4.64. The lowest BCUT2D eigenvalue weighted by molar-refractivity contribution is -0.131. The fraction of sp³-hybridized carbons (Fsp3) is 0.889. The van der Waals surface area contributed by atoms with Crippen LogP contribution in [0.3, 0.4) is 0 Å². The van der Waals surface area contributed by atoms with Gasteiger partial charge in [0.1, 0.15) is 0 Å². The molecule has 0 spiro atoms. The first kappa shape index (κ1) is 9.52. The van der Waals surface area contributed by atoms with Gasteiger partial charge < -0.3 is 4.90 Å². The first-order chi connectivity index (χ1) is 5.55. The molecule has 1 rings (SSSR count). The lowest BCUT2D eigenvalue weighted by atomic mass is 10.1. The number of carbonyl (C=O) groups is 1. The van der Waals surface area contributed by atoms with Crippen molar-refractivity contribution in [2.24, 2.45) is 0 Å². The van der Waals surface area contributed by atoms with Crippen molar-refractivity contribution >= 4 is 5.91 Å². The van der Waals surface area contributed by atoms with Crippen LogP contribution in [0.1, 0.15) is 34.1 Å². The number of nitrogens with one attached hydrogen (secondary N) is 1. The molecule has 3 heteroatoms. The van der Waals surface area contributed by atoms with Gasteiger partial charge in [0.2, 0.25) is 5.91 Å². The highest BCUT2D eigenvalue weighted by atomic mass is 16.2. The van der Waals surface area contributed by atoms with Crippen LogP contribution in [-0.2, 0) is 4.79 Å². The zero-order valence-electron chi connectivity index (χ0n) is 8.35. The van der Waals surface area contributed by atoms with Crippen molar-refractivity contribution in [2.75, 3.05) is 6.54 Å². The van der Waals surface area contributed by atoms with E-state index in [1.54, 1.807) is 0 Å². The van der Waals surface area contributed by atoms with Gasteiger partial charge in [-0.25, -0.2) is 0 Å². The third-order valence-electron chi connectivity index (χ3n) is 2.76. The van der Waals surface area contributed by atoms with Crippen LogP contribution in [0.15, 0.2) is 0 Å². The lowest BCUT2D eigenvalue weighted by Gasteiger charge is -2.33. The van der Waals surface area contributed by atoms with Gasteiger partial charge in [0.05, 0.1) is 11.7 Å². The number of nitrogens with zero attached hydrogens (tertiary/aromatic N) is 1. The molecule has 0 saturated carbocycles. The molecule has 0 aromatic carbocycles. The molecule has 3 nitrogen and oxygen atoms in total. The Hall–Kier alpha value is -0.570. The number of amides is 1. The average molecular weight is 170 g/mol. The monoisotopic (exact) mass is 170 g/mol. The second-order valence-electron chi connectivity index (χ2n) is 3.58. The maximum atomic E-state index is 11.6. The van der Waals surface area contributed by atoms with Crippen LogP contribution in [0.5, 0.6) is 0 Å². The van der Waals surface area contributed by atoms with Crippen LogP contribution in [0.4, 0.5) is 0 Å². The van der Waals surface area contributed by atoms with Crippen molar-refractivity contribution in [3.05, 3.63) is 0 Å². The Morgan fingerprint density at radius 3 is 2.50 bits per heavy atom. The van der Waals surface area contributed by atoms with Crippen molar-refractivity contribution < 1.29 is 4.79 Å². The van der Waals surface area contributed by atoms with E-state index in [4.69, 9.17) is 0 Å². The summed E-state index contributed by atoms with van der Waals surface area (Å²) in [7, 11) is 0. The second kappa shape index (κ2) is 3.05. The molecule has 1 aliphatic heterocycles. The highest BCUT2D eigenvalue weighted by Crippen LogP contribution is 2.23. The van der Waals surface area contributed by atoms with Gasteiger partial charge in [-0.2, -0.15) is 0 Å². The van der Waals surface area contributed by atoms with Gasteiger partial charge in [-0.05, 0) is 27.2 Å². The largest absolute Gasteiger partial charge is 0.324 e. The van der Waals surface area contributed by atoms with E-state index in [-0.39, 0.29) is 17.6 Å². The molecule has 0 bridgehead atoms. The summed E-state index contributed by atoms with van der Waals surface area (Å²) in [6, 6.07) is -0.0186. The van der Waals surface area contributed by atoms with Crippen LogP contribution in [0, 0.1) is 0 Å². The molecule has 1 amide bonds. The SMILES string of the molecule is CCN1C(=O)C(C)NC1(C)CC. The smallest absolute Gasteiger partial charge is 0.240 e. The van der Waals surface area contributed by atoms with Gasteiger partial charge in [0.15, 0.2) is 0 Å². The van der Waals surface area contributed by atoms with Gasteiger partial charge in [0.25, 0.3) is 0 Å². The maximum absolute atomic E-state index is 11.6. The Bertz CT molecular complexity index is 193. The number of hydrogen-bond donors (Lipinski definition) is 1. The minimum Gasteiger partial charge on any atom is -0.324 e. The normalized spacial score (nSPS) is 36.2. The Morgan fingerprint density at radius 2 is 2.17 bits per heavy atom. The van der Waals surface area contributed by atoms with Crippen molar-refractivity contribution in [1.82, 2.24) is 10.2 Å². The highest BCUT2D eigenvalue weighted by molar-refractivity contribution is 5.84. The van der Waals surface area contributed by atoms with Crippen molar-refractivity contribution in [3.63, 3.8) is 0 Å². The summed E-state index contributed by atoms with van der Waals surface area (Å²) in [5.74, 6) is 0.224. The minimum absolute atomic E-state index is 0.0186. The predicted molar refractivity (Wildman–Crippen MR) is 48.7 cm³/mol. The third-order valence-corrected chi connectivity index (χ3v) is 2.76. The third kappa shape index (κ3) is 1.22. The van der Waals surface area contributed by atoms with E-state index < -0.39 is 0 Å². The summed E-state index contributed by atoms with van der Waals surface area (Å²) < 4.78 is 0. The molecule has 1 heterocycles. The summed E-state index contributed by atoms with van der Waals surface area (Å²) in [6.45, 7) is 8.91. The van der Waals surface area contributed by atoms with Crippen LogP contribution >= 0.6 is 0 Å². The Labute approximate surface area is 74.1 Å². The topological polar surface area (TPSA) is 32.3 Å². The van der Waals surface area contributed by atoms with Crippen molar-refractivity contribution in [2.45, 2.75) is 45.8 Å². The summed E-state index contributed by atoms with van der Waals surface area (Å²) >= 11 is 0. The molecule has 0 aromatic heterocycles. The molecular weight excluding hydrogens is 152 g/mol. The van der Waals surface area contributed by atoms with Crippen LogP contribution in [-0.4, -0.2) is 29.1 Å². The lowest BCUT2D eigenvalue weighted by Crippen LogP contribution is -2.49. The average Bonchev–Trinajstić information content (AvgIpc) is 2.25. The van der Waals surface area contributed by atoms with Crippen LogP contribution < -0.4 is 5.32 Å². The quantitative estimate of drug-likeness (QED) is 0.669. The summed E-state index contributed by atoms with van der Waals surface area (Å²) in [4.78, 5) is 13.5. The molecule has 0 aliphatic carbocycles. The number of rotatable bonds is 2. The van der Waals surface area contributed by atoms with E-state index in [0.717, 1.165) is 13.0 Å². The molecule has 1 N–H and O–H groups in total. The molecule has 0 radical (unpaired) electrons. The molecule has 1 fully saturated rings. The summed E-state index contributed by atoms with van der Waals surface area (Å²) in [5.41, 5.74) is -0.120. The maximum Gasteiger partial charge on any atom is 0.240 e. The fourth-order valence-corrected chi connectivity index (χ4v) is 1.88. The van der Waals surface area contributed by atoms with E-state index in [1.165, 1.54) is 0 Å². The van der Waals surface area contributed by atoms with E-state index in [9.17, 15) is 4.79 Å². The predicted octanol–water partition coefficient (Wildman–Crippen LogP) is 0.953. The number of carbonyl (C=O) groups excluding carboxylic acids is 1. The van der Waals surface area contributed by atoms with Crippen LogP contribution in [0.2, 0.25) is 0 Å². The Balaban J connectivity index is 2.85. The van der Waals surface area contributed by atoms with Gasteiger partial charge in [-0.1, -0.05) is 6.92 Å². The van der Waals surface area contributed by atoms with Gasteiger partial charge >= 0.3 is 0 Å². The zero-order valence-corrected chi connectivity index (χ0v) is 8.35. The van der Waals surface area contributed by atoms with Crippen molar-refractivity contribution in [1.29, 1.82) is 0 Å². The fourth-order valence-electron chi connectivity index (χ4n) is 1.88. The molecule has 1 saturated heterocycles. The van der Waals surface area contributed by atoms with Crippen molar-refractivity contribution in [3.8, 4) is 0 Å². The van der Waals surface area contributed by atoms with Gasteiger partial charge in [0, 0.05) is 6.54 Å². The standard InChI is InChI=1S/C9H18N2O/c1-5-9(4)10-7(3)8(12)11(9)6-2/h7,10H,5-6H2,1-4H3. The summed E-state index contributed by atoms with van der Waals surface area (Å²) in [6.07, 6.45) is 0.955. The Kier molecular flexibility index (Phi) is 2.42. The molecule has 12 heavy (non-hydrogen) atoms. The molecule has 2 atom stereocenters. The Morgan fingerprint density at radius 1 is 1.58 bits per heavy atom. The zero-order chi connectivity index (χ0) is 9.35. The summed E-state index contributed by atoms with van der Waals surface area (Å²) in [5, 5.41) is 3.31. The highest BCUT2D eigenvalue weighted by Gasteiger charge is 2.42. The van der Waals surface area contributed by atoms with Crippen LogP contribution in [0.25, 0.3) is 0 Å². The number of hydrogen-bond acceptors (Lipinski definition) is 2. The first-order valence-corrected chi connectivity index (χ1v) is 4.64. The van der Waals surface area contributed by atoms with Gasteiger partial charge in [-0.15, -0.1) is 0 Å². The minimum atomic E-state index is -0.120. The number of likely N-dealkylation sites (N-methyl/N-ethyl adjacent to an activating group) is 1. The molecular formula is C9H18N2O. The second-order valence-corrected chi connectivity index (χ2v) is 3.58. The molecule has 70 valence electrons.